The lowest BCUT2D eigenvalue weighted by molar-refractivity contribution is 0.0115. The molecular weight excluding hydrogens is 524 g/mol. The van der Waals surface area contributed by atoms with E-state index in [2.05, 4.69) is 13.8 Å². The third-order valence-corrected chi connectivity index (χ3v) is 8.72. The molecular formula is C37H62O5. The summed E-state index contributed by atoms with van der Waals surface area (Å²) in [5.41, 5.74) is 0.586. The fraction of sp³-hybridized carbons (Fsp3) is 0.784. The zero-order valence-corrected chi connectivity index (χ0v) is 27.2. The molecule has 240 valence electrons. The summed E-state index contributed by atoms with van der Waals surface area (Å²) in [6.45, 7) is 6.20. The topological polar surface area (TPSA) is 61.8 Å². The number of rotatable bonds is 17. The van der Waals surface area contributed by atoms with Gasteiger partial charge in [0.25, 0.3) is 0 Å². The number of hydrogen-bond acceptors (Lipinski definition) is 5. The molecule has 1 heterocycles. The number of esters is 2. The van der Waals surface area contributed by atoms with Crippen molar-refractivity contribution in [3.8, 4) is 0 Å². The molecule has 1 aromatic rings. The molecule has 1 aromatic carbocycles. The smallest absolute Gasteiger partial charge is 0.339 e. The first-order valence-corrected chi connectivity index (χ1v) is 17.7. The Balaban J connectivity index is 0.000000363. The predicted molar refractivity (Wildman–Crippen MR) is 173 cm³/mol. The van der Waals surface area contributed by atoms with Crippen LogP contribution >= 0.6 is 0 Å². The molecule has 0 amide bonds. The molecule has 0 N–H and O–H groups in total. The fourth-order valence-electron chi connectivity index (χ4n) is 6.09. The summed E-state index contributed by atoms with van der Waals surface area (Å²) in [7, 11) is 0. The second-order valence-corrected chi connectivity index (χ2v) is 12.4. The maximum Gasteiger partial charge on any atom is 0.339 e. The van der Waals surface area contributed by atoms with Gasteiger partial charge >= 0.3 is 11.9 Å². The molecule has 1 aliphatic heterocycles. The molecule has 1 aliphatic carbocycles. The lowest BCUT2D eigenvalue weighted by Crippen LogP contribution is -2.23. The van der Waals surface area contributed by atoms with Gasteiger partial charge in [0, 0.05) is 6.61 Å². The van der Waals surface area contributed by atoms with Crippen molar-refractivity contribution in [3.05, 3.63) is 35.4 Å². The van der Waals surface area contributed by atoms with E-state index in [-0.39, 0.29) is 0 Å². The highest BCUT2D eigenvalue weighted by Crippen LogP contribution is 2.30. The summed E-state index contributed by atoms with van der Waals surface area (Å²) in [5, 5.41) is 0. The van der Waals surface area contributed by atoms with Crippen LogP contribution in [0.5, 0.6) is 0 Å². The monoisotopic (exact) mass is 586 g/mol. The number of carbonyl (C=O) groups excluding carboxylic acids is 2. The minimum Gasteiger partial charge on any atom is -0.462 e. The Kier molecular flexibility index (Phi) is 21.2. The Morgan fingerprint density at radius 3 is 1.60 bits per heavy atom. The predicted octanol–water partition coefficient (Wildman–Crippen LogP) is 10.6. The molecule has 1 saturated carbocycles. The van der Waals surface area contributed by atoms with Crippen LogP contribution in [-0.2, 0) is 14.2 Å². The molecule has 0 aromatic heterocycles. The number of ether oxygens (including phenoxy) is 3. The quantitative estimate of drug-likeness (QED) is 0.103. The van der Waals surface area contributed by atoms with Crippen molar-refractivity contribution in [3.63, 3.8) is 0 Å². The molecule has 2 fully saturated rings. The molecule has 0 spiro atoms. The third-order valence-electron chi connectivity index (χ3n) is 8.72. The van der Waals surface area contributed by atoms with Crippen LogP contribution in [0.25, 0.3) is 0 Å². The lowest BCUT2D eigenvalue weighted by atomic mass is 9.91. The minimum absolute atomic E-state index is 0.293. The van der Waals surface area contributed by atoms with Crippen LogP contribution in [0.3, 0.4) is 0 Å². The second-order valence-electron chi connectivity index (χ2n) is 12.4. The summed E-state index contributed by atoms with van der Waals surface area (Å²) < 4.78 is 16.7. The highest BCUT2D eigenvalue weighted by atomic mass is 16.5. The molecule has 5 nitrogen and oxygen atoms in total. The van der Waals surface area contributed by atoms with Gasteiger partial charge < -0.3 is 14.2 Å². The van der Waals surface area contributed by atoms with Crippen LogP contribution < -0.4 is 0 Å². The van der Waals surface area contributed by atoms with E-state index in [0.29, 0.717) is 30.4 Å². The number of benzene rings is 1. The minimum atomic E-state index is -0.444. The van der Waals surface area contributed by atoms with Crippen molar-refractivity contribution in [2.24, 2.45) is 5.92 Å². The normalized spacial score (nSPS) is 17.8. The van der Waals surface area contributed by atoms with E-state index in [0.717, 1.165) is 38.2 Å². The molecule has 3 rings (SSSR count). The molecule has 42 heavy (non-hydrogen) atoms. The molecule has 0 radical (unpaired) electrons. The van der Waals surface area contributed by atoms with Gasteiger partial charge in [-0.15, -0.1) is 0 Å². The van der Waals surface area contributed by atoms with Gasteiger partial charge in [0.05, 0.1) is 30.4 Å². The van der Waals surface area contributed by atoms with E-state index in [1.165, 1.54) is 116 Å². The summed E-state index contributed by atoms with van der Waals surface area (Å²) >= 11 is 0. The lowest BCUT2D eigenvalue weighted by Gasteiger charge is -2.24. The van der Waals surface area contributed by atoms with Crippen molar-refractivity contribution >= 4 is 11.9 Å². The molecule has 2 aliphatic rings. The molecule has 0 bridgehead atoms. The van der Waals surface area contributed by atoms with Crippen LogP contribution in [-0.4, -0.2) is 37.9 Å². The van der Waals surface area contributed by atoms with E-state index in [4.69, 9.17) is 14.2 Å². The Labute approximate surface area is 257 Å². The highest BCUT2D eigenvalue weighted by molar-refractivity contribution is 6.03. The Morgan fingerprint density at radius 2 is 1.07 bits per heavy atom. The third kappa shape index (κ3) is 16.1. The standard InChI is InChI=1S/C24H38O4.C13H24O/c1-3-5-7-9-11-15-19-27-23(25)21-17-13-14-18-22(21)24(26)28-20-16-12-10-8-6-4-2;1-2-5-9-12(8-4-1)13-10-6-3-7-11-14-13/h13-14,17-18H,3-12,15-16,19-20H2,1-2H3;12-13H,1-11H2. The Bertz CT molecular complexity index is 739. The Hall–Kier alpha value is -1.88. The van der Waals surface area contributed by atoms with Crippen LogP contribution in [0.15, 0.2) is 24.3 Å². The summed E-state index contributed by atoms with van der Waals surface area (Å²) in [5.74, 6) is 0.0111. The largest absolute Gasteiger partial charge is 0.462 e. The fourth-order valence-corrected chi connectivity index (χ4v) is 6.09. The zero-order chi connectivity index (χ0) is 30.1. The first kappa shape index (κ1) is 36.3. The van der Waals surface area contributed by atoms with Gasteiger partial charge in [0.1, 0.15) is 0 Å². The van der Waals surface area contributed by atoms with Crippen molar-refractivity contribution in [1.29, 1.82) is 0 Å². The van der Waals surface area contributed by atoms with Gasteiger partial charge in [-0.25, -0.2) is 9.59 Å². The number of unbranched alkanes of at least 4 members (excludes halogenated alkanes) is 10. The second kappa shape index (κ2) is 24.6. The molecule has 1 saturated heterocycles. The van der Waals surface area contributed by atoms with E-state index in [9.17, 15) is 9.59 Å². The zero-order valence-electron chi connectivity index (χ0n) is 27.2. The van der Waals surface area contributed by atoms with Gasteiger partial charge in [-0.3, -0.25) is 0 Å². The molecule has 1 atom stereocenters. The SMILES string of the molecule is C1CCCC(C2CCCCCO2)CC1.CCCCCCCCOC(=O)c1ccccc1C(=O)OCCCCCCCC. The maximum atomic E-state index is 12.4. The average molecular weight is 587 g/mol. The van der Waals surface area contributed by atoms with E-state index in [1.807, 2.05) is 0 Å². The first-order valence-electron chi connectivity index (χ1n) is 17.7. The Morgan fingerprint density at radius 1 is 0.619 bits per heavy atom. The van der Waals surface area contributed by atoms with E-state index < -0.39 is 11.9 Å². The van der Waals surface area contributed by atoms with Crippen molar-refractivity contribution in [2.45, 2.75) is 161 Å². The average Bonchev–Trinajstić information content (AvgIpc) is 3.46. The van der Waals surface area contributed by atoms with Gasteiger partial charge in [0.15, 0.2) is 0 Å². The summed E-state index contributed by atoms with van der Waals surface area (Å²) in [6.07, 6.45) is 28.4. The van der Waals surface area contributed by atoms with Gasteiger partial charge in [-0.2, -0.15) is 0 Å². The maximum absolute atomic E-state index is 12.4. The summed E-state index contributed by atoms with van der Waals surface area (Å²) in [6, 6.07) is 6.74. The van der Waals surface area contributed by atoms with E-state index in [1.54, 1.807) is 24.3 Å². The number of hydrogen-bond donors (Lipinski definition) is 0. The van der Waals surface area contributed by atoms with Crippen molar-refractivity contribution < 1.29 is 23.8 Å². The van der Waals surface area contributed by atoms with Crippen LogP contribution in [0.1, 0.15) is 176 Å². The molecule has 1 unspecified atom stereocenters. The van der Waals surface area contributed by atoms with Crippen LogP contribution in [0.4, 0.5) is 0 Å². The first-order chi connectivity index (χ1) is 20.7. The van der Waals surface area contributed by atoms with Crippen molar-refractivity contribution in [2.75, 3.05) is 19.8 Å². The van der Waals surface area contributed by atoms with E-state index >= 15 is 0 Å². The van der Waals surface area contributed by atoms with Crippen LogP contribution in [0.2, 0.25) is 0 Å². The highest BCUT2D eigenvalue weighted by Gasteiger charge is 2.24. The van der Waals surface area contributed by atoms with Crippen molar-refractivity contribution in [1.82, 2.24) is 0 Å². The van der Waals surface area contributed by atoms with Crippen LogP contribution in [0, 0.1) is 5.92 Å². The van der Waals surface area contributed by atoms with Gasteiger partial charge in [-0.05, 0) is 56.6 Å². The number of carbonyl (C=O) groups is 2. The molecule has 5 heteroatoms. The van der Waals surface area contributed by atoms with Gasteiger partial charge in [0.2, 0.25) is 0 Å². The summed E-state index contributed by atoms with van der Waals surface area (Å²) in [4.78, 5) is 24.7. The van der Waals surface area contributed by atoms with Gasteiger partial charge in [-0.1, -0.05) is 129 Å².